The van der Waals surface area contributed by atoms with Crippen LogP contribution in [0.3, 0.4) is 0 Å². The number of thiophene rings is 1. The van der Waals surface area contributed by atoms with Crippen molar-refractivity contribution in [1.82, 2.24) is 0 Å². The third-order valence-electron chi connectivity index (χ3n) is 0.379. The van der Waals surface area contributed by atoms with Gasteiger partial charge in [0.25, 0.3) is 0 Å². The smallest absolute Gasteiger partial charge is 0.152 e. The Bertz CT molecular complexity index is 64.0. The standard InChI is InChI=1S/C4H3S.Mg.2H/c1-2-4-5-3-1;;;/h1,3-4H;;;. The van der Waals surface area contributed by atoms with Crippen molar-refractivity contribution in [3.8, 4) is 0 Å². The fourth-order valence-electron chi connectivity index (χ4n) is 0.196. The highest BCUT2D eigenvalue weighted by atomic mass is 32.1. The molecule has 0 spiro atoms. The molecule has 0 atom stereocenters. The number of hydrogen-bond acceptors (Lipinski definition) is 1. The van der Waals surface area contributed by atoms with Crippen LogP contribution >= 0.6 is 11.3 Å². The molecule has 0 unspecified atom stereocenters. The molecular weight excluding hydrogens is 104 g/mol. The minimum atomic E-state index is 0. The topological polar surface area (TPSA) is 0 Å². The second-order valence-electron chi connectivity index (χ2n) is 0.723. The summed E-state index contributed by atoms with van der Waals surface area (Å²) < 4.78 is 0. The molecule has 1 rings (SSSR count). The lowest BCUT2D eigenvalue weighted by Crippen LogP contribution is -1.19. The molecule has 0 N–H and O–H groups in total. The van der Waals surface area contributed by atoms with E-state index >= 15 is 0 Å². The van der Waals surface area contributed by atoms with Crippen molar-refractivity contribution in [2.75, 3.05) is 0 Å². The van der Waals surface area contributed by atoms with Gasteiger partial charge in [0.15, 0.2) is 0 Å². The first-order chi connectivity index (χ1) is 2.50. The zero-order valence-electron chi connectivity index (χ0n) is 2.64. The van der Waals surface area contributed by atoms with Gasteiger partial charge in [-0.2, -0.15) is 11.3 Å². The molecule has 6 heavy (non-hydrogen) atoms. The molecule has 0 aliphatic rings. The van der Waals surface area contributed by atoms with Crippen LogP contribution in [0.25, 0.3) is 0 Å². The van der Waals surface area contributed by atoms with Crippen LogP contribution in [0.15, 0.2) is 16.8 Å². The fourth-order valence-corrected chi connectivity index (χ4v) is 0.589. The van der Waals surface area contributed by atoms with Crippen LogP contribution in [-0.4, -0.2) is 23.1 Å². The van der Waals surface area contributed by atoms with Crippen molar-refractivity contribution in [2.45, 2.75) is 0 Å². The highest BCUT2D eigenvalue weighted by Crippen LogP contribution is 1.90. The van der Waals surface area contributed by atoms with E-state index in [1.54, 1.807) is 11.3 Å². The van der Waals surface area contributed by atoms with Crippen molar-refractivity contribution >= 4 is 34.4 Å². The second kappa shape index (κ2) is 3.65. The monoisotopic (exact) mass is 109 g/mol. The van der Waals surface area contributed by atoms with Crippen LogP contribution in [0.2, 0.25) is 0 Å². The van der Waals surface area contributed by atoms with Gasteiger partial charge in [-0.3, -0.25) is 0 Å². The summed E-state index contributed by atoms with van der Waals surface area (Å²) in [6, 6.07) is 4.77. The lowest BCUT2D eigenvalue weighted by atomic mass is 10.7. The summed E-state index contributed by atoms with van der Waals surface area (Å²) in [5, 5.41) is 3.90. The molecular formula is C4H5MgS. The Morgan fingerprint density at radius 1 is 1.50 bits per heavy atom. The van der Waals surface area contributed by atoms with E-state index in [4.69, 9.17) is 0 Å². The van der Waals surface area contributed by atoms with E-state index in [1.165, 1.54) is 0 Å². The van der Waals surface area contributed by atoms with Crippen molar-refractivity contribution < 1.29 is 0 Å². The van der Waals surface area contributed by atoms with Crippen molar-refractivity contribution in [3.05, 3.63) is 22.9 Å². The molecule has 0 saturated carbocycles. The normalized spacial score (nSPS) is 6.67. The van der Waals surface area contributed by atoms with Gasteiger partial charge in [0, 0.05) is 0 Å². The lowest BCUT2D eigenvalue weighted by molar-refractivity contribution is 1.99. The molecule has 0 fully saturated rings. The third-order valence-corrected chi connectivity index (χ3v) is 0.944. The SMILES string of the molecule is [MgH2].[c]1ccsc1. The average molecular weight is 109 g/mol. The summed E-state index contributed by atoms with van der Waals surface area (Å²) in [5.74, 6) is 0. The van der Waals surface area contributed by atoms with Crippen LogP contribution in [0, 0.1) is 6.07 Å². The van der Waals surface area contributed by atoms with Crippen molar-refractivity contribution in [2.24, 2.45) is 0 Å². The molecule has 0 nitrogen and oxygen atoms in total. The van der Waals surface area contributed by atoms with E-state index in [9.17, 15) is 0 Å². The van der Waals surface area contributed by atoms with Crippen molar-refractivity contribution in [1.29, 1.82) is 0 Å². The summed E-state index contributed by atoms with van der Waals surface area (Å²) in [6.07, 6.45) is 0. The second-order valence-corrected chi connectivity index (χ2v) is 1.50. The molecule has 0 amide bonds. The van der Waals surface area contributed by atoms with Crippen LogP contribution < -0.4 is 0 Å². The Morgan fingerprint density at radius 2 is 2.33 bits per heavy atom. The van der Waals surface area contributed by atoms with Gasteiger partial charge in [-0.25, -0.2) is 0 Å². The highest BCUT2D eigenvalue weighted by Gasteiger charge is 1.59. The summed E-state index contributed by atoms with van der Waals surface area (Å²) in [4.78, 5) is 0. The average Bonchev–Trinajstić information content (AvgIpc) is 1.76. The molecule has 0 aliphatic heterocycles. The Morgan fingerprint density at radius 3 is 2.50 bits per heavy atom. The Labute approximate surface area is 57.3 Å². The van der Waals surface area contributed by atoms with Gasteiger partial charge in [-0.15, -0.1) is 0 Å². The molecule has 0 bridgehead atoms. The van der Waals surface area contributed by atoms with Gasteiger partial charge in [-0.05, 0) is 22.9 Å². The molecule has 1 aromatic rings. The largest absolute Gasteiger partial charge is 0.316 e. The maximum atomic E-state index is 2.88. The van der Waals surface area contributed by atoms with Gasteiger partial charge in [-0.1, -0.05) is 0 Å². The zero-order chi connectivity index (χ0) is 3.54. The predicted molar refractivity (Wildman–Crippen MR) is 31.7 cm³/mol. The molecule has 0 saturated heterocycles. The first-order valence-corrected chi connectivity index (χ1v) is 2.32. The third kappa shape index (κ3) is 1.80. The minimum Gasteiger partial charge on any atom is -0.152 e. The van der Waals surface area contributed by atoms with Gasteiger partial charge in [0.2, 0.25) is 0 Å². The van der Waals surface area contributed by atoms with E-state index in [1.807, 2.05) is 16.8 Å². The highest BCUT2D eigenvalue weighted by molar-refractivity contribution is 7.07. The molecule has 1 heterocycles. The van der Waals surface area contributed by atoms with E-state index in [-0.39, 0.29) is 23.1 Å². The Hall–Kier alpha value is 0.466. The zero-order valence-corrected chi connectivity index (χ0v) is 3.46. The Kier molecular flexibility index (Phi) is 3.93. The van der Waals surface area contributed by atoms with Gasteiger partial charge < -0.3 is 0 Å². The summed E-state index contributed by atoms with van der Waals surface area (Å²) in [6.45, 7) is 0. The number of rotatable bonds is 0. The predicted octanol–water partition coefficient (Wildman–Crippen LogP) is 0.632. The summed E-state index contributed by atoms with van der Waals surface area (Å²) in [7, 11) is 0. The van der Waals surface area contributed by atoms with Crippen LogP contribution in [-0.2, 0) is 0 Å². The maximum absolute atomic E-state index is 2.88. The Balaban J connectivity index is 0.000000250. The quantitative estimate of drug-likeness (QED) is 0.429. The van der Waals surface area contributed by atoms with Gasteiger partial charge in [0.1, 0.15) is 0 Å². The lowest BCUT2D eigenvalue weighted by Gasteiger charge is -1.39. The summed E-state index contributed by atoms with van der Waals surface area (Å²) >= 11 is 1.66. The first-order valence-electron chi connectivity index (χ1n) is 1.38. The van der Waals surface area contributed by atoms with Crippen LogP contribution in [0.5, 0.6) is 0 Å². The van der Waals surface area contributed by atoms with Gasteiger partial charge in [0.05, 0.1) is 0 Å². The van der Waals surface area contributed by atoms with Crippen LogP contribution in [0.4, 0.5) is 0 Å². The van der Waals surface area contributed by atoms with Crippen molar-refractivity contribution in [3.63, 3.8) is 0 Å². The minimum absolute atomic E-state index is 0. The molecule has 2 heteroatoms. The maximum Gasteiger partial charge on any atom is 0.316 e. The van der Waals surface area contributed by atoms with E-state index in [0.29, 0.717) is 0 Å². The fraction of sp³-hybridized carbons (Fsp3) is 0. The first kappa shape index (κ1) is 6.47. The van der Waals surface area contributed by atoms with Crippen LogP contribution in [0.1, 0.15) is 0 Å². The molecule has 0 aliphatic carbocycles. The molecule has 0 aromatic carbocycles. The number of hydrogen-bond donors (Lipinski definition) is 0. The van der Waals surface area contributed by atoms with Gasteiger partial charge >= 0.3 is 23.1 Å². The van der Waals surface area contributed by atoms with E-state index < -0.39 is 0 Å². The van der Waals surface area contributed by atoms with E-state index in [2.05, 4.69) is 6.07 Å². The summed E-state index contributed by atoms with van der Waals surface area (Å²) in [5.41, 5.74) is 0. The molecule has 1 aromatic heterocycles. The molecule has 29 valence electrons. The van der Waals surface area contributed by atoms with E-state index in [0.717, 1.165) is 0 Å². The molecule has 1 radical (unpaired) electrons.